The molecule has 1 saturated heterocycles. The molecule has 1 amide bonds. The number of primary amides is 1. The summed E-state index contributed by atoms with van der Waals surface area (Å²) in [4.78, 5) is 24.8. The molecular formula is C18H30N6O. The van der Waals surface area contributed by atoms with Crippen molar-refractivity contribution in [2.45, 2.75) is 32.2 Å². The molecule has 3 N–H and O–H groups in total. The highest BCUT2D eigenvalue weighted by Crippen LogP contribution is 2.28. The van der Waals surface area contributed by atoms with Crippen LogP contribution in [-0.2, 0) is 11.3 Å². The van der Waals surface area contributed by atoms with E-state index in [1.165, 1.54) is 0 Å². The minimum Gasteiger partial charge on any atom is -0.369 e. The third-order valence-electron chi connectivity index (χ3n) is 5.49. The Hall–Kier alpha value is -1.73. The number of carbonyl (C=O) groups is 1. The summed E-state index contributed by atoms with van der Waals surface area (Å²) >= 11 is 0. The molecule has 0 spiro atoms. The summed E-state index contributed by atoms with van der Waals surface area (Å²) in [6.45, 7) is 5.87. The fourth-order valence-corrected chi connectivity index (χ4v) is 3.68. The molecule has 1 aromatic heterocycles. The van der Waals surface area contributed by atoms with Gasteiger partial charge in [0.2, 0.25) is 11.9 Å². The van der Waals surface area contributed by atoms with Gasteiger partial charge in [0, 0.05) is 56.6 Å². The van der Waals surface area contributed by atoms with Crippen molar-refractivity contribution in [3.05, 3.63) is 18.0 Å². The number of hydrogen-bond acceptors (Lipinski definition) is 6. The molecule has 7 heteroatoms. The van der Waals surface area contributed by atoms with Gasteiger partial charge in [0.1, 0.15) is 0 Å². The van der Waals surface area contributed by atoms with Gasteiger partial charge in [0.05, 0.1) is 0 Å². The molecule has 0 bridgehead atoms. The van der Waals surface area contributed by atoms with E-state index in [9.17, 15) is 4.79 Å². The molecule has 3 rings (SSSR count). The average Bonchev–Trinajstić information content (AvgIpc) is 2.63. The second-order valence-electron chi connectivity index (χ2n) is 7.43. The zero-order chi connectivity index (χ0) is 17.6. The molecule has 7 nitrogen and oxygen atoms in total. The smallest absolute Gasteiger partial charge is 0.225 e. The Kier molecular flexibility index (Phi) is 6.20. The second-order valence-corrected chi connectivity index (χ2v) is 7.43. The van der Waals surface area contributed by atoms with Crippen LogP contribution < -0.4 is 16.0 Å². The molecule has 0 aromatic carbocycles. The molecule has 0 atom stereocenters. The number of rotatable bonds is 6. The maximum atomic E-state index is 11.2. The SMILES string of the molecule is CN1CCN(c2ncc(CNCC3CCC(C(N)=O)CC3)cn2)CC1. The van der Waals surface area contributed by atoms with E-state index in [0.717, 1.165) is 76.5 Å². The molecule has 0 radical (unpaired) electrons. The van der Waals surface area contributed by atoms with E-state index in [-0.39, 0.29) is 11.8 Å². The van der Waals surface area contributed by atoms with Gasteiger partial charge in [0.25, 0.3) is 0 Å². The van der Waals surface area contributed by atoms with Gasteiger partial charge in [-0.15, -0.1) is 0 Å². The molecule has 2 aliphatic rings. The maximum absolute atomic E-state index is 11.2. The molecule has 2 heterocycles. The fourth-order valence-electron chi connectivity index (χ4n) is 3.68. The topological polar surface area (TPSA) is 87.4 Å². The molecule has 25 heavy (non-hydrogen) atoms. The lowest BCUT2D eigenvalue weighted by Gasteiger charge is -2.32. The lowest BCUT2D eigenvalue weighted by molar-refractivity contribution is -0.122. The number of likely N-dealkylation sites (N-methyl/N-ethyl adjacent to an activating group) is 1. The molecule has 1 aliphatic carbocycles. The first-order valence-electron chi connectivity index (χ1n) is 9.36. The van der Waals surface area contributed by atoms with Crippen molar-refractivity contribution < 1.29 is 4.79 Å². The van der Waals surface area contributed by atoms with Crippen LogP contribution in [0.5, 0.6) is 0 Å². The van der Waals surface area contributed by atoms with Crippen LogP contribution in [0.15, 0.2) is 12.4 Å². The van der Waals surface area contributed by atoms with Crippen LogP contribution >= 0.6 is 0 Å². The first-order valence-corrected chi connectivity index (χ1v) is 9.36. The number of hydrogen-bond donors (Lipinski definition) is 2. The lowest BCUT2D eigenvalue weighted by Crippen LogP contribution is -2.45. The van der Waals surface area contributed by atoms with E-state index in [2.05, 4.69) is 32.1 Å². The Morgan fingerprint density at radius 1 is 1.16 bits per heavy atom. The van der Waals surface area contributed by atoms with E-state index >= 15 is 0 Å². The van der Waals surface area contributed by atoms with Gasteiger partial charge < -0.3 is 20.9 Å². The highest BCUT2D eigenvalue weighted by atomic mass is 16.1. The van der Waals surface area contributed by atoms with Gasteiger partial charge in [-0.05, 0) is 45.2 Å². The first kappa shape index (κ1) is 18.1. The zero-order valence-corrected chi connectivity index (χ0v) is 15.2. The summed E-state index contributed by atoms with van der Waals surface area (Å²) in [5.41, 5.74) is 6.50. The average molecular weight is 346 g/mol. The monoisotopic (exact) mass is 346 g/mol. The molecule has 138 valence electrons. The minimum absolute atomic E-state index is 0.0896. The number of piperazine rings is 1. The van der Waals surface area contributed by atoms with E-state index in [0.29, 0.717) is 5.92 Å². The standard InChI is InChI=1S/C18H30N6O/c1-23-6-8-24(9-7-23)18-21-12-15(13-22-18)11-20-10-14-2-4-16(5-3-14)17(19)25/h12-14,16,20H,2-11H2,1H3,(H2,19,25). The number of anilines is 1. The predicted molar refractivity (Wildman–Crippen MR) is 98.1 cm³/mol. The predicted octanol–water partition coefficient (Wildman–Crippen LogP) is 0.610. The zero-order valence-electron chi connectivity index (χ0n) is 15.2. The Morgan fingerprint density at radius 3 is 2.40 bits per heavy atom. The van der Waals surface area contributed by atoms with Crippen LogP contribution in [0.4, 0.5) is 5.95 Å². The van der Waals surface area contributed by atoms with E-state index in [1.54, 1.807) is 0 Å². The van der Waals surface area contributed by atoms with Crippen molar-refractivity contribution in [2.75, 3.05) is 44.7 Å². The fraction of sp³-hybridized carbons (Fsp3) is 0.722. The van der Waals surface area contributed by atoms with Crippen molar-refractivity contribution in [1.82, 2.24) is 20.2 Å². The van der Waals surface area contributed by atoms with Crippen LogP contribution in [0, 0.1) is 11.8 Å². The summed E-state index contributed by atoms with van der Waals surface area (Å²) in [5.74, 6) is 1.43. The molecule has 0 unspecified atom stereocenters. The normalized spacial score (nSPS) is 25.1. The summed E-state index contributed by atoms with van der Waals surface area (Å²) < 4.78 is 0. The highest BCUT2D eigenvalue weighted by molar-refractivity contribution is 5.76. The van der Waals surface area contributed by atoms with Crippen LogP contribution in [0.2, 0.25) is 0 Å². The molecule has 1 aliphatic heterocycles. The number of nitrogens with zero attached hydrogens (tertiary/aromatic N) is 4. The third-order valence-corrected chi connectivity index (χ3v) is 5.49. The van der Waals surface area contributed by atoms with Gasteiger partial charge in [-0.25, -0.2) is 9.97 Å². The van der Waals surface area contributed by atoms with Crippen molar-refractivity contribution in [2.24, 2.45) is 17.6 Å². The van der Waals surface area contributed by atoms with Crippen LogP contribution in [0.1, 0.15) is 31.2 Å². The third kappa shape index (κ3) is 5.12. The Balaban J connectivity index is 1.38. The number of nitrogens with two attached hydrogens (primary N) is 1. The quantitative estimate of drug-likeness (QED) is 0.785. The first-order chi connectivity index (χ1) is 12.1. The van der Waals surface area contributed by atoms with Gasteiger partial charge >= 0.3 is 0 Å². The minimum atomic E-state index is -0.135. The van der Waals surface area contributed by atoms with E-state index < -0.39 is 0 Å². The number of nitrogens with one attached hydrogen (secondary N) is 1. The Labute approximate surface area is 150 Å². The van der Waals surface area contributed by atoms with Crippen LogP contribution in [0.3, 0.4) is 0 Å². The molecule has 2 fully saturated rings. The van der Waals surface area contributed by atoms with Crippen molar-refractivity contribution in [3.63, 3.8) is 0 Å². The van der Waals surface area contributed by atoms with Crippen molar-refractivity contribution >= 4 is 11.9 Å². The van der Waals surface area contributed by atoms with Gasteiger partial charge in [-0.1, -0.05) is 0 Å². The van der Waals surface area contributed by atoms with Crippen molar-refractivity contribution in [1.29, 1.82) is 0 Å². The Bertz CT molecular complexity index is 547. The summed E-state index contributed by atoms with van der Waals surface area (Å²) in [6.07, 6.45) is 7.89. The molecule has 1 saturated carbocycles. The number of amides is 1. The van der Waals surface area contributed by atoms with E-state index in [1.807, 2.05) is 12.4 Å². The van der Waals surface area contributed by atoms with Gasteiger partial charge in [-0.2, -0.15) is 0 Å². The largest absolute Gasteiger partial charge is 0.369 e. The number of aromatic nitrogens is 2. The van der Waals surface area contributed by atoms with Crippen LogP contribution in [0.25, 0.3) is 0 Å². The second kappa shape index (κ2) is 8.58. The molecule has 1 aromatic rings. The molecular weight excluding hydrogens is 316 g/mol. The highest BCUT2D eigenvalue weighted by Gasteiger charge is 2.24. The Morgan fingerprint density at radius 2 is 1.80 bits per heavy atom. The van der Waals surface area contributed by atoms with E-state index in [4.69, 9.17) is 5.73 Å². The summed E-state index contributed by atoms with van der Waals surface area (Å²) in [6, 6.07) is 0. The van der Waals surface area contributed by atoms with Crippen molar-refractivity contribution in [3.8, 4) is 0 Å². The van der Waals surface area contributed by atoms with Gasteiger partial charge in [0.15, 0.2) is 0 Å². The maximum Gasteiger partial charge on any atom is 0.225 e. The summed E-state index contributed by atoms with van der Waals surface area (Å²) in [5, 5.41) is 3.50. The number of carbonyl (C=O) groups excluding carboxylic acids is 1. The lowest BCUT2D eigenvalue weighted by atomic mass is 9.81. The summed E-state index contributed by atoms with van der Waals surface area (Å²) in [7, 11) is 2.15. The van der Waals surface area contributed by atoms with Crippen LogP contribution in [-0.4, -0.2) is 60.5 Å². The van der Waals surface area contributed by atoms with Gasteiger partial charge in [-0.3, -0.25) is 4.79 Å².